The first-order chi connectivity index (χ1) is 8.27. The zero-order chi connectivity index (χ0) is 12.3. The summed E-state index contributed by atoms with van der Waals surface area (Å²) in [5.41, 5.74) is 7.11. The van der Waals surface area contributed by atoms with E-state index in [0.29, 0.717) is 12.5 Å². The van der Waals surface area contributed by atoms with Crippen LogP contribution in [0.2, 0.25) is 0 Å². The van der Waals surface area contributed by atoms with E-state index < -0.39 is 0 Å². The third-order valence-corrected chi connectivity index (χ3v) is 3.67. The van der Waals surface area contributed by atoms with Gasteiger partial charge in [-0.25, -0.2) is 4.98 Å². The number of aromatic nitrogens is 2. The molecule has 1 aliphatic rings. The minimum absolute atomic E-state index is 0.546. The van der Waals surface area contributed by atoms with Crippen LogP contribution in [0.3, 0.4) is 0 Å². The number of rotatable bonds is 3. The standard InChI is InChI=1S/C14H21N3/c1-3-10-17-13(15)12(4-2)16-14(17)11-8-6-5-7-9-11/h1,11H,4-10,15H2,2H3. The minimum atomic E-state index is 0.546. The fourth-order valence-corrected chi connectivity index (χ4v) is 2.73. The Bertz CT molecular complexity index is 419. The lowest BCUT2D eigenvalue weighted by atomic mass is 9.88. The smallest absolute Gasteiger partial charge is 0.127 e. The van der Waals surface area contributed by atoms with Crippen LogP contribution in [0.1, 0.15) is 56.5 Å². The second-order valence-corrected chi connectivity index (χ2v) is 4.78. The van der Waals surface area contributed by atoms with E-state index in [0.717, 1.165) is 23.8 Å². The van der Waals surface area contributed by atoms with Crippen molar-refractivity contribution in [3.63, 3.8) is 0 Å². The summed E-state index contributed by atoms with van der Waals surface area (Å²) in [4.78, 5) is 4.71. The van der Waals surface area contributed by atoms with E-state index in [2.05, 4.69) is 12.8 Å². The van der Waals surface area contributed by atoms with E-state index in [4.69, 9.17) is 17.1 Å². The van der Waals surface area contributed by atoms with Gasteiger partial charge < -0.3 is 10.3 Å². The Morgan fingerprint density at radius 2 is 2.12 bits per heavy atom. The van der Waals surface area contributed by atoms with Gasteiger partial charge in [0.05, 0.1) is 12.2 Å². The fraction of sp³-hybridized carbons (Fsp3) is 0.643. The molecule has 17 heavy (non-hydrogen) atoms. The molecule has 0 atom stereocenters. The summed E-state index contributed by atoms with van der Waals surface area (Å²) in [6.07, 6.45) is 12.7. The second-order valence-electron chi connectivity index (χ2n) is 4.78. The number of terminal acetylenes is 1. The maximum absolute atomic E-state index is 6.11. The normalized spacial score (nSPS) is 16.9. The molecule has 2 rings (SSSR count). The molecule has 0 spiro atoms. The van der Waals surface area contributed by atoms with Gasteiger partial charge in [0, 0.05) is 5.92 Å². The summed E-state index contributed by atoms with van der Waals surface area (Å²) in [6.45, 7) is 2.63. The number of nitrogens with zero attached hydrogens (tertiary/aromatic N) is 2. The summed E-state index contributed by atoms with van der Waals surface area (Å²) in [7, 11) is 0. The van der Waals surface area contributed by atoms with E-state index in [1.54, 1.807) is 0 Å². The van der Waals surface area contributed by atoms with E-state index in [1.165, 1.54) is 32.1 Å². The van der Waals surface area contributed by atoms with Crippen LogP contribution < -0.4 is 5.73 Å². The van der Waals surface area contributed by atoms with Gasteiger partial charge in [-0.2, -0.15) is 0 Å². The van der Waals surface area contributed by atoms with Crippen molar-refractivity contribution in [3.8, 4) is 12.3 Å². The third-order valence-electron chi connectivity index (χ3n) is 3.67. The van der Waals surface area contributed by atoms with Gasteiger partial charge in [-0.3, -0.25) is 0 Å². The van der Waals surface area contributed by atoms with Gasteiger partial charge in [-0.05, 0) is 19.3 Å². The first kappa shape index (κ1) is 12.0. The van der Waals surface area contributed by atoms with Crippen LogP contribution in [0, 0.1) is 12.3 Å². The molecule has 1 aliphatic carbocycles. The van der Waals surface area contributed by atoms with Crippen molar-refractivity contribution in [1.29, 1.82) is 0 Å². The van der Waals surface area contributed by atoms with Gasteiger partial charge in [0.25, 0.3) is 0 Å². The molecule has 3 nitrogen and oxygen atoms in total. The third kappa shape index (κ3) is 2.31. The Balaban J connectivity index is 2.33. The maximum atomic E-state index is 6.11. The van der Waals surface area contributed by atoms with E-state index >= 15 is 0 Å². The molecule has 0 amide bonds. The highest BCUT2D eigenvalue weighted by Crippen LogP contribution is 2.33. The van der Waals surface area contributed by atoms with Crippen LogP contribution >= 0.6 is 0 Å². The highest BCUT2D eigenvalue weighted by atomic mass is 15.1. The van der Waals surface area contributed by atoms with Crippen molar-refractivity contribution < 1.29 is 0 Å². The van der Waals surface area contributed by atoms with E-state index in [9.17, 15) is 0 Å². The van der Waals surface area contributed by atoms with Crippen molar-refractivity contribution in [1.82, 2.24) is 9.55 Å². The van der Waals surface area contributed by atoms with Gasteiger partial charge in [0.1, 0.15) is 11.6 Å². The van der Waals surface area contributed by atoms with Gasteiger partial charge in [-0.1, -0.05) is 32.1 Å². The van der Waals surface area contributed by atoms with Gasteiger partial charge in [-0.15, -0.1) is 6.42 Å². The molecule has 1 saturated carbocycles. The van der Waals surface area contributed by atoms with Crippen LogP contribution in [0.4, 0.5) is 5.82 Å². The second kappa shape index (κ2) is 5.27. The molecular formula is C14H21N3. The molecule has 2 N–H and O–H groups in total. The molecule has 0 bridgehead atoms. The lowest BCUT2D eigenvalue weighted by Gasteiger charge is -2.21. The van der Waals surface area contributed by atoms with Crippen LogP contribution in [-0.2, 0) is 13.0 Å². The summed E-state index contributed by atoms with van der Waals surface area (Å²) in [5, 5.41) is 0. The topological polar surface area (TPSA) is 43.8 Å². The summed E-state index contributed by atoms with van der Waals surface area (Å²) in [6, 6.07) is 0. The Morgan fingerprint density at radius 1 is 1.41 bits per heavy atom. The summed E-state index contributed by atoms with van der Waals surface area (Å²) < 4.78 is 2.04. The lowest BCUT2D eigenvalue weighted by molar-refractivity contribution is 0.420. The number of nitrogen functional groups attached to an aromatic ring is 1. The average molecular weight is 231 g/mol. The first-order valence-electron chi connectivity index (χ1n) is 6.56. The van der Waals surface area contributed by atoms with Crippen molar-refractivity contribution in [3.05, 3.63) is 11.5 Å². The number of hydrogen-bond acceptors (Lipinski definition) is 2. The summed E-state index contributed by atoms with van der Waals surface area (Å²) in [5.74, 6) is 5.13. The molecule has 0 radical (unpaired) electrons. The molecule has 92 valence electrons. The summed E-state index contributed by atoms with van der Waals surface area (Å²) >= 11 is 0. The van der Waals surface area contributed by atoms with Crippen LogP contribution in [0.25, 0.3) is 0 Å². The Hall–Kier alpha value is -1.43. The van der Waals surface area contributed by atoms with Crippen molar-refractivity contribution in [2.24, 2.45) is 0 Å². The number of imidazole rings is 1. The molecule has 3 heteroatoms. The zero-order valence-corrected chi connectivity index (χ0v) is 10.6. The molecule has 0 aliphatic heterocycles. The van der Waals surface area contributed by atoms with Gasteiger partial charge >= 0.3 is 0 Å². The highest BCUT2D eigenvalue weighted by molar-refractivity contribution is 5.39. The maximum Gasteiger partial charge on any atom is 0.127 e. The molecule has 0 aromatic carbocycles. The molecule has 1 aromatic rings. The Labute approximate surface area is 103 Å². The predicted octanol–water partition coefficient (Wildman–Crippen LogP) is 2.71. The van der Waals surface area contributed by atoms with Crippen LogP contribution in [0.15, 0.2) is 0 Å². The number of aryl methyl sites for hydroxylation is 1. The van der Waals surface area contributed by atoms with Crippen LogP contribution in [0.5, 0.6) is 0 Å². The quantitative estimate of drug-likeness (QED) is 0.813. The van der Waals surface area contributed by atoms with Crippen molar-refractivity contribution >= 4 is 5.82 Å². The number of hydrogen-bond donors (Lipinski definition) is 1. The number of anilines is 1. The van der Waals surface area contributed by atoms with Gasteiger partial charge in [0.2, 0.25) is 0 Å². The van der Waals surface area contributed by atoms with Crippen molar-refractivity contribution in [2.45, 2.75) is 57.9 Å². The monoisotopic (exact) mass is 231 g/mol. The van der Waals surface area contributed by atoms with E-state index in [-0.39, 0.29) is 0 Å². The molecule has 1 heterocycles. The van der Waals surface area contributed by atoms with Gasteiger partial charge in [0.15, 0.2) is 0 Å². The van der Waals surface area contributed by atoms with E-state index in [1.807, 2.05) is 4.57 Å². The lowest BCUT2D eigenvalue weighted by Crippen LogP contribution is -2.13. The largest absolute Gasteiger partial charge is 0.384 e. The molecule has 0 saturated heterocycles. The zero-order valence-electron chi connectivity index (χ0n) is 10.6. The van der Waals surface area contributed by atoms with Crippen molar-refractivity contribution in [2.75, 3.05) is 5.73 Å². The predicted molar refractivity (Wildman–Crippen MR) is 70.7 cm³/mol. The first-order valence-corrected chi connectivity index (χ1v) is 6.56. The van der Waals surface area contributed by atoms with Crippen LogP contribution in [-0.4, -0.2) is 9.55 Å². The number of nitrogens with two attached hydrogens (primary N) is 1. The SMILES string of the molecule is C#CCn1c(C2CCCCC2)nc(CC)c1N. The highest BCUT2D eigenvalue weighted by Gasteiger charge is 2.23. The molecule has 1 fully saturated rings. The average Bonchev–Trinajstić information content (AvgIpc) is 2.69. The molecule has 0 unspecified atom stereocenters. The molecule has 1 aromatic heterocycles. The minimum Gasteiger partial charge on any atom is -0.384 e. The fourth-order valence-electron chi connectivity index (χ4n) is 2.73. The Morgan fingerprint density at radius 3 is 2.71 bits per heavy atom. The Kier molecular flexibility index (Phi) is 3.73. The molecular weight excluding hydrogens is 210 g/mol.